The molecule has 0 heteroatoms. The van der Waals surface area contributed by atoms with Crippen LogP contribution in [-0.2, 0) is 0 Å². The van der Waals surface area contributed by atoms with Crippen molar-refractivity contribution in [3.05, 3.63) is 53.1 Å². The van der Waals surface area contributed by atoms with E-state index in [1.165, 1.54) is 0 Å². The molecular formula is C12H14. The Morgan fingerprint density at radius 1 is 1.08 bits per heavy atom. The quantitative estimate of drug-likeness (QED) is 0.426. The Kier molecular flexibility index (Phi) is 5.53. The molecule has 0 aliphatic rings. The molecule has 0 radical (unpaired) electrons. The molecule has 0 aliphatic heterocycles. The first-order valence-electron chi connectivity index (χ1n) is 3.84. The van der Waals surface area contributed by atoms with E-state index in [0.29, 0.717) is 0 Å². The third kappa shape index (κ3) is 6.68. The summed E-state index contributed by atoms with van der Waals surface area (Å²) in [6, 6.07) is 0. The van der Waals surface area contributed by atoms with Crippen LogP contribution in [-0.4, -0.2) is 0 Å². The molecule has 0 heterocycles. The molecule has 0 rings (SSSR count). The smallest absolute Gasteiger partial charge is 0.00142 e. The molecule has 0 aromatic rings. The maximum Gasteiger partial charge on any atom is -0.00142 e. The second-order valence-electron chi connectivity index (χ2n) is 2.65. The molecule has 0 nitrogen and oxygen atoms in total. The lowest BCUT2D eigenvalue weighted by atomic mass is 10.3. The van der Waals surface area contributed by atoms with E-state index < -0.39 is 0 Å². The molecule has 0 aromatic carbocycles. The average molecular weight is 158 g/mol. The minimum absolute atomic E-state index is 1.04. The van der Waals surface area contributed by atoms with Crippen LogP contribution in [0.5, 0.6) is 0 Å². The fourth-order valence-corrected chi connectivity index (χ4v) is 0.526. The van der Waals surface area contributed by atoms with Crippen LogP contribution in [0.1, 0.15) is 20.8 Å². The molecule has 0 bridgehead atoms. The molecule has 0 saturated carbocycles. The highest BCUT2D eigenvalue weighted by Crippen LogP contribution is 1.92. The second kappa shape index (κ2) is 6.28. The van der Waals surface area contributed by atoms with Crippen molar-refractivity contribution in [1.29, 1.82) is 0 Å². The van der Waals surface area contributed by atoms with E-state index in [0.717, 1.165) is 11.1 Å². The van der Waals surface area contributed by atoms with Crippen molar-refractivity contribution in [2.24, 2.45) is 0 Å². The van der Waals surface area contributed by atoms with Gasteiger partial charge < -0.3 is 0 Å². The first-order valence-corrected chi connectivity index (χ1v) is 3.84. The van der Waals surface area contributed by atoms with Gasteiger partial charge in [0.2, 0.25) is 0 Å². The summed E-state index contributed by atoms with van der Waals surface area (Å²) < 4.78 is 0. The van der Waals surface area contributed by atoms with Gasteiger partial charge in [-0.25, -0.2) is 0 Å². The lowest BCUT2D eigenvalue weighted by molar-refractivity contribution is 1.40. The van der Waals surface area contributed by atoms with Crippen molar-refractivity contribution in [3.8, 4) is 0 Å². The Morgan fingerprint density at radius 2 is 1.75 bits per heavy atom. The van der Waals surface area contributed by atoms with Crippen LogP contribution in [0.15, 0.2) is 53.1 Å². The van der Waals surface area contributed by atoms with Crippen molar-refractivity contribution in [3.63, 3.8) is 0 Å². The molecule has 0 saturated heterocycles. The molecule has 0 N–H and O–H groups in total. The van der Waals surface area contributed by atoms with Crippen LogP contribution in [0.4, 0.5) is 0 Å². The van der Waals surface area contributed by atoms with Gasteiger partial charge in [0.05, 0.1) is 0 Å². The van der Waals surface area contributed by atoms with E-state index in [9.17, 15) is 0 Å². The van der Waals surface area contributed by atoms with Gasteiger partial charge in [-0.05, 0) is 50.1 Å². The molecule has 0 atom stereocenters. The van der Waals surface area contributed by atoms with Crippen LogP contribution < -0.4 is 0 Å². The van der Waals surface area contributed by atoms with Gasteiger partial charge in [-0.3, -0.25) is 0 Å². The van der Waals surface area contributed by atoms with Crippen LogP contribution in [0, 0.1) is 0 Å². The Balaban J connectivity index is 4.62. The summed E-state index contributed by atoms with van der Waals surface area (Å²) in [5.41, 5.74) is 11.0. The SMILES string of the molecule is C=C=CC=C=C(C)C=C=C(C)C. The Hall–Kier alpha value is -1.44. The van der Waals surface area contributed by atoms with E-state index in [1.54, 1.807) is 12.2 Å². The van der Waals surface area contributed by atoms with Gasteiger partial charge in [-0.1, -0.05) is 6.58 Å². The minimum atomic E-state index is 1.04. The van der Waals surface area contributed by atoms with Crippen molar-refractivity contribution < 1.29 is 0 Å². The van der Waals surface area contributed by atoms with E-state index in [2.05, 4.69) is 23.8 Å². The summed E-state index contributed by atoms with van der Waals surface area (Å²) in [5.74, 6) is 0. The van der Waals surface area contributed by atoms with Crippen molar-refractivity contribution in [2.45, 2.75) is 20.8 Å². The molecular weight excluding hydrogens is 144 g/mol. The standard InChI is InChI=1S/C12H14/c1-5-6-7-8-12(4)10-9-11(2)3/h6-7,10H,1H2,2-4H3. The van der Waals surface area contributed by atoms with E-state index in [4.69, 9.17) is 0 Å². The van der Waals surface area contributed by atoms with Crippen LogP contribution >= 0.6 is 0 Å². The summed E-state index contributed by atoms with van der Waals surface area (Å²) in [5, 5.41) is 0. The predicted molar refractivity (Wildman–Crippen MR) is 53.9 cm³/mol. The maximum absolute atomic E-state index is 3.44. The average Bonchev–Trinajstić information content (AvgIpc) is 2.01. The van der Waals surface area contributed by atoms with Gasteiger partial charge in [-0.15, -0.1) is 17.2 Å². The van der Waals surface area contributed by atoms with Crippen molar-refractivity contribution in [2.75, 3.05) is 0 Å². The molecule has 12 heavy (non-hydrogen) atoms. The molecule has 0 amide bonds. The first kappa shape index (κ1) is 10.6. The zero-order valence-electron chi connectivity index (χ0n) is 7.94. The zero-order valence-corrected chi connectivity index (χ0v) is 7.94. The molecule has 0 aromatic heterocycles. The summed E-state index contributed by atoms with van der Waals surface area (Å²) >= 11 is 0. The molecule has 0 fully saturated rings. The van der Waals surface area contributed by atoms with Gasteiger partial charge in [-0.2, -0.15) is 0 Å². The third-order valence-electron chi connectivity index (χ3n) is 1.09. The Bertz CT molecular complexity index is 304. The molecule has 0 aliphatic carbocycles. The van der Waals surface area contributed by atoms with Gasteiger partial charge in [0.15, 0.2) is 0 Å². The van der Waals surface area contributed by atoms with Gasteiger partial charge in [0, 0.05) is 0 Å². The molecule has 0 unspecified atom stereocenters. The molecule has 62 valence electrons. The number of allylic oxidation sites excluding steroid dienone is 3. The fraction of sp³-hybridized carbons (Fsp3) is 0.250. The second-order valence-corrected chi connectivity index (χ2v) is 2.65. The number of hydrogen-bond acceptors (Lipinski definition) is 0. The van der Waals surface area contributed by atoms with E-state index in [-0.39, 0.29) is 0 Å². The Morgan fingerprint density at radius 3 is 2.25 bits per heavy atom. The highest BCUT2D eigenvalue weighted by Gasteiger charge is 1.73. The lowest BCUT2D eigenvalue weighted by Crippen LogP contribution is -1.61. The zero-order chi connectivity index (χ0) is 9.40. The van der Waals surface area contributed by atoms with Gasteiger partial charge >= 0.3 is 0 Å². The lowest BCUT2D eigenvalue weighted by Gasteiger charge is -1.80. The van der Waals surface area contributed by atoms with Crippen LogP contribution in [0.2, 0.25) is 0 Å². The summed E-state index contributed by atoms with van der Waals surface area (Å²) in [7, 11) is 0. The summed E-state index contributed by atoms with van der Waals surface area (Å²) in [6.07, 6.45) is 5.41. The monoisotopic (exact) mass is 158 g/mol. The van der Waals surface area contributed by atoms with Crippen LogP contribution in [0.25, 0.3) is 0 Å². The number of hydrogen-bond donors (Lipinski definition) is 0. The number of rotatable bonds is 2. The maximum atomic E-state index is 3.44. The highest BCUT2D eigenvalue weighted by molar-refractivity contribution is 5.18. The topological polar surface area (TPSA) is 0 Å². The fourth-order valence-electron chi connectivity index (χ4n) is 0.526. The largest absolute Gasteiger partial charge is 0.128 e. The summed E-state index contributed by atoms with van der Waals surface area (Å²) in [4.78, 5) is 0. The van der Waals surface area contributed by atoms with E-state index >= 15 is 0 Å². The summed E-state index contributed by atoms with van der Waals surface area (Å²) in [6.45, 7) is 9.44. The normalized spacial score (nSPS) is 6.92. The van der Waals surface area contributed by atoms with Crippen molar-refractivity contribution >= 4 is 0 Å². The Labute approximate surface area is 74.6 Å². The third-order valence-corrected chi connectivity index (χ3v) is 1.09. The van der Waals surface area contributed by atoms with Gasteiger partial charge in [0.25, 0.3) is 0 Å². The highest BCUT2D eigenvalue weighted by atomic mass is 13.8. The van der Waals surface area contributed by atoms with Crippen molar-refractivity contribution in [1.82, 2.24) is 0 Å². The minimum Gasteiger partial charge on any atom is -0.128 e. The van der Waals surface area contributed by atoms with Gasteiger partial charge in [0.1, 0.15) is 0 Å². The molecule has 0 spiro atoms. The first-order chi connectivity index (χ1) is 5.66. The predicted octanol–water partition coefficient (Wildman–Crippen LogP) is 3.55. The van der Waals surface area contributed by atoms with E-state index in [1.807, 2.05) is 26.8 Å². The van der Waals surface area contributed by atoms with Crippen LogP contribution in [0.3, 0.4) is 0 Å².